The fourth-order valence-electron chi connectivity index (χ4n) is 1.83. The van der Waals surface area contributed by atoms with Gasteiger partial charge in [0.25, 0.3) is 0 Å². The van der Waals surface area contributed by atoms with E-state index in [1.807, 2.05) is 55.5 Å². The molecule has 0 radical (unpaired) electrons. The topological polar surface area (TPSA) is 26.3 Å². The summed E-state index contributed by atoms with van der Waals surface area (Å²) in [5, 5.41) is 0.749. The Balaban J connectivity index is 2.60. The van der Waals surface area contributed by atoms with Crippen molar-refractivity contribution in [3.63, 3.8) is 0 Å². The average Bonchev–Trinajstić information content (AvgIpc) is 2.38. The molecule has 0 amide bonds. The fraction of sp³-hybridized carbons (Fsp3) is 0.143. The van der Waals surface area contributed by atoms with Crippen molar-refractivity contribution in [3.8, 4) is 11.1 Å². The molecule has 86 valence electrons. The molecule has 0 spiro atoms. The van der Waals surface area contributed by atoms with Crippen LogP contribution >= 0.6 is 8.03 Å². The lowest BCUT2D eigenvalue weighted by atomic mass is 10.0. The number of benzene rings is 2. The van der Waals surface area contributed by atoms with Crippen molar-refractivity contribution in [1.82, 2.24) is 0 Å². The summed E-state index contributed by atoms with van der Waals surface area (Å²) in [4.78, 5) is 0. The molecule has 0 saturated carbocycles. The standard InChI is InChI=1S/C14H14O2P/c1-11-7-3-4-8-12(11)13-9-5-6-10-14(13)17(15)16-2/h3-10H,1-2H3/q+1. The minimum absolute atomic E-state index is 0.749. The van der Waals surface area contributed by atoms with Crippen LogP contribution in [0, 0.1) is 6.92 Å². The van der Waals surface area contributed by atoms with Crippen molar-refractivity contribution < 1.29 is 9.09 Å². The van der Waals surface area contributed by atoms with Gasteiger partial charge >= 0.3 is 8.03 Å². The van der Waals surface area contributed by atoms with Crippen molar-refractivity contribution in [3.05, 3.63) is 54.1 Å². The van der Waals surface area contributed by atoms with Gasteiger partial charge in [0, 0.05) is 5.56 Å². The molecule has 0 heterocycles. The van der Waals surface area contributed by atoms with Gasteiger partial charge in [-0.25, -0.2) is 0 Å². The van der Waals surface area contributed by atoms with Gasteiger partial charge in [0.05, 0.1) is 7.11 Å². The zero-order valence-electron chi connectivity index (χ0n) is 9.88. The lowest BCUT2D eigenvalue weighted by Crippen LogP contribution is -2.02. The Morgan fingerprint density at radius 2 is 1.53 bits per heavy atom. The summed E-state index contributed by atoms with van der Waals surface area (Å²) in [6.07, 6.45) is 0. The Morgan fingerprint density at radius 3 is 2.18 bits per heavy atom. The van der Waals surface area contributed by atoms with Gasteiger partial charge in [-0.2, -0.15) is 0 Å². The van der Waals surface area contributed by atoms with Crippen LogP contribution in [0.15, 0.2) is 48.5 Å². The van der Waals surface area contributed by atoms with Crippen LogP contribution in [0.4, 0.5) is 0 Å². The monoisotopic (exact) mass is 245 g/mol. The van der Waals surface area contributed by atoms with Crippen molar-refractivity contribution in [2.45, 2.75) is 6.92 Å². The zero-order chi connectivity index (χ0) is 12.3. The van der Waals surface area contributed by atoms with Gasteiger partial charge in [-0.1, -0.05) is 36.4 Å². The quantitative estimate of drug-likeness (QED) is 0.771. The summed E-state index contributed by atoms with van der Waals surface area (Å²) in [5.74, 6) is 0. The van der Waals surface area contributed by atoms with Gasteiger partial charge in [-0.3, -0.25) is 0 Å². The van der Waals surface area contributed by atoms with E-state index in [9.17, 15) is 4.57 Å². The fourth-order valence-corrected chi connectivity index (χ4v) is 2.63. The second-order valence-corrected chi connectivity index (χ2v) is 5.13. The molecule has 2 nitrogen and oxygen atoms in total. The van der Waals surface area contributed by atoms with Gasteiger partial charge in [0.2, 0.25) is 5.30 Å². The molecule has 0 fully saturated rings. The predicted molar refractivity (Wildman–Crippen MR) is 70.9 cm³/mol. The first-order valence-corrected chi connectivity index (χ1v) is 6.58. The van der Waals surface area contributed by atoms with E-state index >= 15 is 0 Å². The molecule has 17 heavy (non-hydrogen) atoms. The molecule has 3 heteroatoms. The van der Waals surface area contributed by atoms with Crippen LogP contribution in [-0.4, -0.2) is 7.11 Å². The van der Waals surface area contributed by atoms with Crippen molar-refractivity contribution in [2.24, 2.45) is 0 Å². The number of rotatable bonds is 3. The molecule has 0 aliphatic rings. The maximum atomic E-state index is 11.8. The van der Waals surface area contributed by atoms with Gasteiger partial charge < -0.3 is 0 Å². The summed E-state index contributed by atoms with van der Waals surface area (Å²) < 4.78 is 16.8. The van der Waals surface area contributed by atoms with E-state index in [0.717, 1.165) is 16.4 Å². The van der Waals surface area contributed by atoms with E-state index in [1.165, 1.54) is 12.7 Å². The number of hydrogen-bond donors (Lipinski definition) is 0. The third-order valence-electron chi connectivity index (χ3n) is 2.70. The number of aryl methyl sites for hydroxylation is 1. The Kier molecular flexibility index (Phi) is 3.68. The average molecular weight is 245 g/mol. The molecule has 1 unspecified atom stereocenters. The Labute approximate surface area is 102 Å². The summed E-state index contributed by atoms with van der Waals surface area (Å²) in [6.45, 7) is 2.05. The van der Waals surface area contributed by atoms with Gasteiger partial charge in [0.1, 0.15) is 0 Å². The van der Waals surface area contributed by atoms with Crippen LogP contribution in [0.5, 0.6) is 0 Å². The highest BCUT2D eigenvalue weighted by atomic mass is 31.1. The second-order valence-electron chi connectivity index (χ2n) is 3.77. The van der Waals surface area contributed by atoms with E-state index in [0.29, 0.717) is 0 Å². The maximum absolute atomic E-state index is 11.8. The summed E-state index contributed by atoms with van der Waals surface area (Å²) in [7, 11) is -0.315. The molecule has 2 rings (SSSR count). The van der Waals surface area contributed by atoms with Gasteiger partial charge in [-0.05, 0) is 34.7 Å². The third kappa shape index (κ3) is 2.44. The first kappa shape index (κ1) is 12.0. The first-order chi connectivity index (χ1) is 8.24. The maximum Gasteiger partial charge on any atom is 0.549 e. The van der Waals surface area contributed by atoms with Crippen molar-refractivity contribution in [1.29, 1.82) is 0 Å². The molecule has 0 aromatic heterocycles. The minimum atomic E-state index is -1.78. The number of hydrogen-bond acceptors (Lipinski definition) is 2. The Bertz CT molecular complexity index is 549. The second kappa shape index (κ2) is 5.22. The SMILES string of the molecule is CO[P+](=O)c1ccccc1-c1ccccc1C. The van der Waals surface area contributed by atoms with Gasteiger partial charge in [-0.15, -0.1) is 4.52 Å². The smallest absolute Gasteiger partial charge is 0.145 e. The minimum Gasteiger partial charge on any atom is -0.145 e. The van der Waals surface area contributed by atoms with Crippen molar-refractivity contribution >= 4 is 13.3 Å². The molecule has 0 aliphatic carbocycles. The predicted octanol–water partition coefficient (Wildman–Crippen LogP) is 3.68. The molecule has 0 N–H and O–H groups in total. The Morgan fingerprint density at radius 1 is 0.941 bits per heavy atom. The highest BCUT2D eigenvalue weighted by Crippen LogP contribution is 2.29. The van der Waals surface area contributed by atoms with Crippen LogP contribution in [0.3, 0.4) is 0 Å². The van der Waals surface area contributed by atoms with E-state index in [-0.39, 0.29) is 0 Å². The van der Waals surface area contributed by atoms with Crippen LogP contribution < -0.4 is 5.30 Å². The van der Waals surface area contributed by atoms with E-state index in [4.69, 9.17) is 4.52 Å². The summed E-state index contributed by atoms with van der Waals surface area (Å²) >= 11 is 0. The molecule has 2 aromatic carbocycles. The molecule has 1 atom stereocenters. The normalized spacial score (nSPS) is 11.3. The third-order valence-corrected chi connectivity index (χ3v) is 3.82. The van der Waals surface area contributed by atoms with Crippen LogP contribution in [-0.2, 0) is 9.09 Å². The molecule has 0 bridgehead atoms. The lowest BCUT2D eigenvalue weighted by molar-refractivity contribution is 0.423. The van der Waals surface area contributed by atoms with E-state index in [2.05, 4.69) is 0 Å². The van der Waals surface area contributed by atoms with Crippen LogP contribution in [0.25, 0.3) is 11.1 Å². The molecule has 2 aromatic rings. The highest BCUT2D eigenvalue weighted by molar-refractivity contribution is 7.48. The Hall–Kier alpha value is -1.50. The molecular formula is C14H14O2P+. The van der Waals surface area contributed by atoms with Crippen molar-refractivity contribution in [2.75, 3.05) is 7.11 Å². The van der Waals surface area contributed by atoms with E-state index in [1.54, 1.807) is 0 Å². The van der Waals surface area contributed by atoms with E-state index < -0.39 is 8.03 Å². The molecule has 0 aliphatic heterocycles. The zero-order valence-corrected chi connectivity index (χ0v) is 10.8. The molecule has 0 saturated heterocycles. The molecular weight excluding hydrogens is 231 g/mol. The summed E-state index contributed by atoms with van der Waals surface area (Å²) in [6, 6.07) is 15.7. The summed E-state index contributed by atoms with van der Waals surface area (Å²) in [5.41, 5.74) is 3.25. The lowest BCUT2D eigenvalue weighted by Gasteiger charge is -2.05. The van der Waals surface area contributed by atoms with Crippen LogP contribution in [0.1, 0.15) is 5.56 Å². The van der Waals surface area contributed by atoms with Crippen LogP contribution in [0.2, 0.25) is 0 Å². The highest BCUT2D eigenvalue weighted by Gasteiger charge is 2.25. The van der Waals surface area contributed by atoms with Gasteiger partial charge in [0.15, 0.2) is 0 Å². The first-order valence-electron chi connectivity index (χ1n) is 5.40. The largest absolute Gasteiger partial charge is 0.549 e.